The van der Waals surface area contributed by atoms with Crippen molar-refractivity contribution in [3.8, 4) is 6.07 Å². The van der Waals surface area contributed by atoms with Crippen molar-refractivity contribution >= 4 is 0 Å². The van der Waals surface area contributed by atoms with Crippen molar-refractivity contribution in [2.24, 2.45) is 5.41 Å². The van der Waals surface area contributed by atoms with Gasteiger partial charge < -0.3 is 0 Å². The third kappa shape index (κ3) is 2.88. The molecule has 1 aromatic rings. The van der Waals surface area contributed by atoms with Gasteiger partial charge in [0.1, 0.15) is 5.82 Å². The monoisotopic (exact) mass is 246 g/mol. The van der Waals surface area contributed by atoms with Crippen molar-refractivity contribution in [2.45, 2.75) is 33.2 Å². The van der Waals surface area contributed by atoms with Gasteiger partial charge in [0, 0.05) is 13.1 Å². The molecule has 0 N–H and O–H groups in total. The minimum Gasteiger partial charge on any atom is -0.297 e. The quantitative estimate of drug-likeness (QED) is 0.801. The standard InChI is InChI=1S/C15H19FN2/c1-12-4-5-14(16)8-13(12)9-18-7-3-6-15(2,10-17)11-18/h4-5,8H,3,6-7,9,11H2,1-2H3. The van der Waals surface area contributed by atoms with E-state index in [1.807, 2.05) is 19.9 Å². The molecule has 0 spiro atoms. The summed E-state index contributed by atoms with van der Waals surface area (Å²) in [6, 6.07) is 7.32. The van der Waals surface area contributed by atoms with Crippen LogP contribution in [0.4, 0.5) is 4.39 Å². The molecular formula is C15H19FN2. The Morgan fingerprint density at radius 1 is 1.50 bits per heavy atom. The number of likely N-dealkylation sites (tertiary alicyclic amines) is 1. The molecule has 0 bridgehead atoms. The second-order valence-corrected chi connectivity index (χ2v) is 5.56. The van der Waals surface area contributed by atoms with E-state index in [2.05, 4.69) is 11.0 Å². The lowest BCUT2D eigenvalue weighted by molar-refractivity contribution is 0.136. The molecule has 1 aliphatic heterocycles. The van der Waals surface area contributed by atoms with Crippen molar-refractivity contribution in [3.05, 3.63) is 35.1 Å². The molecule has 1 heterocycles. The summed E-state index contributed by atoms with van der Waals surface area (Å²) in [6.45, 7) is 6.52. The van der Waals surface area contributed by atoms with Crippen molar-refractivity contribution in [3.63, 3.8) is 0 Å². The van der Waals surface area contributed by atoms with E-state index in [1.165, 1.54) is 6.07 Å². The summed E-state index contributed by atoms with van der Waals surface area (Å²) in [6.07, 6.45) is 2.00. The van der Waals surface area contributed by atoms with E-state index in [1.54, 1.807) is 6.07 Å². The minimum absolute atomic E-state index is 0.185. The van der Waals surface area contributed by atoms with Crippen molar-refractivity contribution in [2.75, 3.05) is 13.1 Å². The lowest BCUT2D eigenvalue weighted by Crippen LogP contribution is -2.40. The fraction of sp³-hybridized carbons (Fsp3) is 0.533. The summed E-state index contributed by atoms with van der Waals surface area (Å²) < 4.78 is 13.2. The predicted octanol–water partition coefficient (Wildman–Crippen LogP) is 3.26. The number of nitriles is 1. The first-order valence-electron chi connectivity index (χ1n) is 6.41. The molecule has 0 aliphatic carbocycles. The molecule has 3 heteroatoms. The van der Waals surface area contributed by atoms with Gasteiger partial charge in [0.2, 0.25) is 0 Å². The van der Waals surface area contributed by atoms with Crippen molar-refractivity contribution in [1.82, 2.24) is 4.90 Å². The van der Waals surface area contributed by atoms with E-state index in [-0.39, 0.29) is 11.2 Å². The minimum atomic E-state index is -0.251. The highest BCUT2D eigenvalue weighted by Gasteiger charge is 2.30. The third-order valence-corrected chi connectivity index (χ3v) is 3.75. The molecule has 1 atom stereocenters. The Kier molecular flexibility index (Phi) is 3.68. The summed E-state index contributed by atoms with van der Waals surface area (Å²) in [4.78, 5) is 2.26. The highest BCUT2D eigenvalue weighted by molar-refractivity contribution is 5.26. The van der Waals surface area contributed by atoms with Crippen LogP contribution in [0.1, 0.15) is 30.9 Å². The number of hydrogen-bond acceptors (Lipinski definition) is 2. The van der Waals surface area contributed by atoms with Gasteiger partial charge in [-0.2, -0.15) is 5.26 Å². The number of rotatable bonds is 2. The Hall–Kier alpha value is -1.40. The zero-order chi connectivity index (χ0) is 13.2. The van der Waals surface area contributed by atoms with Gasteiger partial charge in [-0.1, -0.05) is 6.07 Å². The molecule has 1 aliphatic rings. The molecule has 96 valence electrons. The van der Waals surface area contributed by atoms with E-state index in [0.29, 0.717) is 0 Å². The molecule has 1 fully saturated rings. The normalized spacial score (nSPS) is 24.8. The fourth-order valence-corrected chi connectivity index (χ4v) is 2.62. The maximum atomic E-state index is 13.2. The van der Waals surface area contributed by atoms with Crippen LogP contribution >= 0.6 is 0 Å². The molecule has 1 unspecified atom stereocenters. The van der Waals surface area contributed by atoms with Gasteiger partial charge in [-0.25, -0.2) is 4.39 Å². The molecule has 18 heavy (non-hydrogen) atoms. The highest BCUT2D eigenvalue weighted by atomic mass is 19.1. The van der Waals surface area contributed by atoms with Gasteiger partial charge in [-0.3, -0.25) is 4.90 Å². The highest BCUT2D eigenvalue weighted by Crippen LogP contribution is 2.29. The molecular weight excluding hydrogens is 227 g/mol. The summed E-state index contributed by atoms with van der Waals surface area (Å²) in [7, 11) is 0. The number of aryl methyl sites for hydroxylation is 1. The second-order valence-electron chi connectivity index (χ2n) is 5.56. The van der Waals surface area contributed by atoms with Gasteiger partial charge in [0.25, 0.3) is 0 Å². The summed E-state index contributed by atoms with van der Waals surface area (Å²) in [5, 5.41) is 9.20. The van der Waals surface area contributed by atoms with E-state index in [9.17, 15) is 9.65 Å². The van der Waals surface area contributed by atoms with Crippen LogP contribution in [-0.4, -0.2) is 18.0 Å². The number of benzene rings is 1. The van der Waals surface area contributed by atoms with Crippen LogP contribution in [-0.2, 0) is 6.54 Å². The van der Waals surface area contributed by atoms with Crippen LogP contribution in [0.5, 0.6) is 0 Å². The van der Waals surface area contributed by atoms with Gasteiger partial charge >= 0.3 is 0 Å². The molecule has 0 saturated carbocycles. The van der Waals surface area contributed by atoms with Gasteiger partial charge in [-0.05, 0) is 56.5 Å². The number of hydrogen-bond donors (Lipinski definition) is 0. The maximum absolute atomic E-state index is 13.2. The second kappa shape index (κ2) is 5.07. The van der Waals surface area contributed by atoms with Gasteiger partial charge in [0.15, 0.2) is 0 Å². The molecule has 1 aromatic carbocycles. The summed E-state index contributed by atoms with van der Waals surface area (Å²) in [5.74, 6) is -0.185. The zero-order valence-corrected chi connectivity index (χ0v) is 11.0. The third-order valence-electron chi connectivity index (χ3n) is 3.75. The van der Waals surface area contributed by atoms with Crippen LogP contribution in [0.15, 0.2) is 18.2 Å². The average molecular weight is 246 g/mol. The number of piperidine rings is 1. The predicted molar refractivity (Wildman–Crippen MR) is 69.4 cm³/mol. The van der Waals surface area contributed by atoms with Crippen LogP contribution in [0.25, 0.3) is 0 Å². The Labute approximate surface area is 108 Å². The molecule has 1 saturated heterocycles. The van der Waals surface area contributed by atoms with Crippen LogP contribution in [0.3, 0.4) is 0 Å². The largest absolute Gasteiger partial charge is 0.297 e. The lowest BCUT2D eigenvalue weighted by Gasteiger charge is -2.36. The zero-order valence-electron chi connectivity index (χ0n) is 11.0. The Morgan fingerprint density at radius 2 is 2.28 bits per heavy atom. The van der Waals surface area contributed by atoms with Crippen LogP contribution in [0, 0.1) is 29.5 Å². The number of nitrogens with zero attached hydrogens (tertiary/aromatic N) is 2. The fourth-order valence-electron chi connectivity index (χ4n) is 2.62. The van der Waals surface area contributed by atoms with Crippen LogP contribution in [0.2, 0.25) is 0 Å². The summed E-state index contributed by atoms with van der Waals surface area (Å²) >= 11 is 0. The summed E-state index contributed by atoms with van der Waals surface area (Å²) in [5.41, 5.74) is 1.89. The lowest BCUT2D eigenvalue weighted by atomic mass is 9.83. The SMILES string of the molecule is Cc1ccc(F)cc1CN1CCCC(C)(C#N)C1. The molecule has 0 radical (unpaired) electrons. The molecule has 2 nitrogen and oxygen atoms in total. The topological polar surface area (TPSA) is 27.0 Å². The first kappa shape index (κ1) is 13.0. The smallest absolute Gasteiger partial charge is 0.123 e. The van der Waals surface area contributed by atoms with E-state index in [4.69, 9.17) is 0 Å². The van der Waals surface area contributed by atoms with Gasteiger partial charge in [-0.15, -0.1) is 0 Å². The molecule has 0 aromatic heterocycles. The first-order chi connectivity index (χ1) is 8.52. The Balaban J connectivity index is 2.10. The van der Waals surface area contributed by atoms with E-state index < -0.39 is 0 Å². The van der Waals surface area contributed by atoms with Crippen molar-refractivity contribution < 1.29 is 4.39 Å². The van der Waals surface area contributed by atoms with Crippen LogP contribution < -0.4 is 0 Å². The molecule has 0 amide bonds. The number of halogens is 1. The van der Waals surface area contributed by atoms with Gasteiger partial charge in [0.05, 0.1) is 11.5 Å². The Morgan fingerprint density at radius 3 is 3.00 bits per heavy atom. The average Bonchev–Trinajstić information content (AvgIpc) is 2.34. The van der Waals surface area contributed by atoms with E-state index in [0.717, 1.165) is 43.6 Å². The molecule has 2 rings (SSSR count). The van der Waals surface area contributed by atoms with E-state index >= 15 is 0 Å². The van der Waals surface area contributed by atoms with Crippen molar-refractivity contribution in [1.29, 1.82) is 5.26 Å². The maximum Gasteiger partial charge on any atom is 0.123 e. The Bertz CT molecular complexity index is 478. The first-order valence-corrected chi connectivity index (χ1v) is 6.41.